The van der Waals surface area contributed by atoms with Crippen LogP contribution in [0.5, 0.6) is 0 Å². The number of anilines is 2. The fourth-order valence-electron chi connectivity index (χ4n) is 4.80. The van der Waals surface area contributed by atoms with Crippen LogP contribution >= 0.6 is 21.9 Å². The Morgan fingerprint density at radius 1 is 1.23 bits per heavy atom. The van der Waals surface area contributed by atoms with E-state index in [0.29, 0.717) is 71.1 Å². The second-order valence-corrected chi connectivity index (χ2v) is 13.6. The number of hydrogen-bond acceptors (Lipinski definition) is 9. The number of nitrogens with zero attached hydrogens (tertiary/aromatic N) is 4. The van der Waals surface area contributed by atoms with Crippen LogP contribution in [0.15, 0.2) is 34.5 Å². The van der Waals surface area contributed by atoms with Crippen molar-refractivity contribution in [2.75, 3.05) is 43.2 Å². The number of nitrogens with one attached hydrogen (secondary N) is 2. The first-order valence-electron chi connectivity index (χ1n) is 12.8. The molecule has 0 spiro atoms. The summed E-state index contributed by atoms with van der Waals surface area (Å²) in [5.74, 6) is 1.16. The molecule has 1 saturated heterocycles. The molecule has 1 aromatic carbocycles. The monoisotopic (exact) mass is 576 g/mol. The van der Waals surface area contributed by atoms with Gasteiger partial charge in [-0.1, -0.05) is 0 Å². The Labute approximate surface area is 232 Å². The summed E-state index contributed by atoms with van der Waals surface area (Å²) in [6.07, 6.45) is 1.19. The van der Waals surface area contributed by atoms with Gasteiger partial charge in [-0.3, -0.25) is 9.11 Å². The lowest BCUT2D eigenvalue weighted by atomic mass is 10.1. The fraction of sp³-hybridized carbons (Fsp3) is 0.462. The van der Waals surface area contributed by atoms with Gasteiger partial charge in [0.15, 0.2) is 5.82 Å². The Morgan fingerprint density at radius 3 is 2.59 bits per heavy atom. The van der Waals surface area contributed by atoms with Crippen molar-refractivity contribution < 1.29 is 23.0 Å². The quantitative estimate of drug-likeness (QED) is 0.283. The molecule has 2 amide bonds. The zero-order valence-electron chi connectivity index (χ0n) is 22.1. The minimum Gasteiger partial charge on any atom is -0.377 e. The Kier molecular flexibility index (Phi) is 7.80. The number of urea groups is 1. The average Bonchev–Trinajstić information content (AvgIpc) is 3.67. The summed E-state index contributed by atoms with van der Waals surface area (Å²) < 4.78 is 40.9. The molecule has 1 atom stereocenters. The second kappa shape index (κ2) is 11.0. The first-order chi connectivity index (χ1) is 18.6. The lowest BCUT2D eigenvalue weighted by Crippen LogP contribution is -2.44. The van der Waals surface area contributed by atoms with Crippen molar-refractivity contribution in [2.24, 2.45) is 0 Å². The highest BCUT2D eigenvalue weighted by Crippen LogP contribution is 2.76. The summed E-state index contributed by atoms with van der Waals surface area (Å²) in [4.78, 5) is 28.3. The van der Waals surface area contributed by atoms with Crippen molar-refractivity contribution in [1.29, 1.82) is 0 Å². The smallest absolute Gasteiger partial charge is 0.319 e. The van der Waals surface area contributed by atoms with E-state index in [1.807, 2.05) is 19.9 Å². The minimum absolute atomic E-state index is 0.0607. The summed E-state index contributed by atoms with van der Waals surface area (Å²) in [5.41, 5.74) is 2.49. The van der Waals surface area contributed by atoms with Gasteiger partial charge in [-0.2, -0.15) is 0 Å². The van der Waals surface area contributed by atoms with E-state index in [0.717, 1.165) is 5.01 Å². The molecule has 210 valence electrons. The van der Waals surface area contributed by atoms with Crippen LogP contribution < -0.4 is 15.5 Å². The fourth-order valence-corrected chi connectivity index (χ4v) is 8.63. The highest BCUT2D eigenvalue weighted by molar-refractivity contribution is 8.26. The number of benzene rings is 1. The van der Waals surface area contributed by atoms with Crippen molar-refractivity contribution in [3.63, 3.8) is 0 Å². The van der Waals surface area contributed by atoms with Crippen molar-refractivity contribution >= 4 is 39.5 Å². The molecule has 1 saturated carbocycles. The molecule has 5 rings (SSSR count). The molecule has 1 aliphatic heterocycles. The van der Waals surface area contributed by atoms with Gasteiger partial charge in [0, 0.05) is 30.4 Å². The van der Waals surface area contributed by atoms with Gasteiger partial charge in [-0.05, 0) is 57.9 Å². The van der Waals surface area contributed by atoms with E-state index >= 15 is 0 Å². The number of carbonyl (C=O) groups excluding carboxylic acids is 1. The molecule has 0 bridgehead atoms. The molecule has 0 radical (unpaired) electrons. The van der Waals surface area contributed by atoms with Crippen LogP contribution in [0.3, 0.4) is 0 Å². The lowest BCUT2D eigenvalue weighted by molar-refractivity contribution is 0.0985. The summed E-state index contributed by atoms with van der Waals surface area (Å²) in [5, 5.41) is 5.88. The zero-order chi connectivity index (χ0) is 27.8. The third-order valence-corrected chi connectivity index (χ3v) is 11.3. The van der Waals surface area contributed by atoms with Gasteiger partial charge < -0.3 is 20.3 Å². The van der Waals surface area contributed by atoms with Crippen LogP contribution in [-0.4, -0.2) is 69.1 Å². The van der Waals surface area contributed by atoms with E-state index in [1.165, 1.54) is 11.3 Å². The number of alkyl halides is 1. The molecule has 2 aliphatic rings. The summed E-state index contributed by atoms with van der Waals surface area (Å²) in [6.45, 7) is 6.84. The Hall–Kier alpha value is -2.84. The molecule has 4 N–H and O–H groups in total. The topological polar surface area (TPSA) is 133 Å². The number of aryl methyl sites for hydroxylation is 2. The third kappa shape index (κ3) is 5.46. The van der Waals surface area contributed by atoms with E-state index in [4.69, 9.17) is 14.7 Å². The van der Waals surface area contributed by atoms with Gasteiger partial charge in [0.2, 0.25) is 0 Å². The van der Waals surface area contributed by atoms with Crippen LogP contribution in [0.4, 0.5) is 20.7 Å². The van der Waals surface area contributed by atoms with Gasteiger partial charge in [0.05, 0.1) is 35.7 Å². The van der Waals surface area contributed by atoms with Gasteiger partial charge in [0.25, 0.3) is 0 Å². The van der Waals surface area contributed by atoms with Gasteiger partial charge in [-0.15, -0.1) is 21.9 Å². The van der Waals surface area contributed by atoms with E-state index < -0.39 is 28.0 Å². The number of rotatable bonds is 8. The van der Waals surface area contributed by atoms with Crippen molar-refractivity contribution in [3.05, 3.63) is 46.7 Å². The maximum atomic E-state index is 12.3. The minimum atomic E-state index is -3.24. The van der Waals surface area contributed by atoms with Gasteiger partial charge >= 0.3 is 6.03 Å². The molecular formula is C26H33FN6O4S2. The molecule has 3 aromatic rings. The van der Waals surface area contributed by atoms with Crippen LogP contribution in [0.25, 0.3) is 11.4 Å². The van der Waals surface area contributed by atoms with Crippen molar-refractivity contribution in [1.82, 2.24) is 20.3 Å². The summed E-state index contributed by atoms with van der Waals surface area (Å²) in [6, 6.07) is 8.53. The van der Waals surface area contributed by atoms with E-state index in [1.54, 1.807) is 24.3 Å². The predicted octanol–water partition coefficient (Wildman–Crippen LogP) is 5.33. The number of carbonyl (C=O) groups is 1. The number of aromatic nitrogens is 3. The van der Waals surface area contributed by atoms with Gasteiger partial charge in [-0.25, -0.2) is 24.1 Å². The molecule has 39 heavy (non-hydrogen) atoms. The molecule has 0 unspecified atom stereocenters. The highest BCUT2D eigenvalue weighted by Gasteiger charge is 2.58. The van der Waals surface area contributed by atoms with Gasteiger partial charge in [0.1, 0.15) is 21.4 Å². The number of amides is 2. The molecule has 3 heterocycles. The summed E-state index contributed by atoms with van der Waals surface area (Å²) >= 11 is 1.32. The number of halogens is 1. The van der Waals surface area contributed by atoms with E-state index in [2.05, 4.69) is 27.4 Å². The first kappa shape index (κ1) is 27.7. The van der Waals surface area contributed by atoms with Crippen LogP contribution in [0, 0.1) is 13.8 Å². The SMILES string of the molecule is Cc1nc(C)c(S(O)(O)C2(c3cc(N4CCOC[C@@H]4C)nc(-c4ccc(NC(=O)NCCF)cc4)n3)CC2)s1. The Morgan fingerprint density at radius 2 is 1.97 bits per heavy atom. The largest absolute Gasteiger partial charge is 0.377 e. The lowest BCUT2D eigenvalue weighted by Gasteiger charge is -2.40. The Balaban J connectivity index is 1.53. The standard InChI is InChI=1S/C26H33FN6O4S2/c1-16-15-37-13-12-33(16)22-14-21(26(8-9-26)39(35,36)24-17(2)29-18(3)38-24)31-23(32-22)19-4-6-20(7-5-19)30-25(34)28-11-10-27/h4-7,14,16,35-36H,8-13,15H2,1-3H3,(H2,28,30,34)/t16-/m0/s1. The Bertz CT molecular complexity index is 1350. The van der Waals surface area contributed by atoms with Crippen LogP contribution in [0.2, 0.25) is 0 Å². The molecule has 2 aromatic heterocycles. The third-order valence-electron chi connectivity index (χ3n) is 6.99. The number of thiazole rings is 1. The molecule has 2 fully saturated rings. The van der Waals surface area contributed by atoms with E-state index in [-0.39, 0.29) is 12.6 Å². The number of morpholine rings is 1. The second-order valence-electron chi connectivity index (χ2n) is 9.85. The highest BCUT2D eigenvalue weighted by atomic mass is 32.3. The maximum absolute atomic E-state index is 12.3. The van der Waals surface area contributed by atoms with Crippen LogP contribution in [-0.2, 0) is 9.48 Å². The zero-order valence-corrected chi connectivity index (χ0v) is 23.7. The summed E-state index contributed by atoms with van der Waals surface area (Å²) in [7, 11) is -3.24. The molecular weight excluding hydrogens is 543 g/mol. The number of hydrogen-bond donors (Lipinski definition) is 4. The maximum Gasteiger partial charge on any atom is 0.319 e. The molecule has 10 nitrogen and oxygen atoms in total. The van der Waals surface area contributed by atoms with Crippen molar-refractivity contribution in [3.8, 4) is 11.4 Å². The van der Waals surface area contributed by atoms with Crippen molar-refractivity contribution in [2.45, 2.75) is 48.6 Å². The normalized spacial score (nSPS) is 19.0. The molecule has 13 heteroatoms. The average molecular weight is 577 g/mol. The molecule has 1 aliphatic carbocycles. The van der Waals surface area contributed by atoms with E-state index in [9.17, 15) is 18.3 Å². The predicted molar refractivity (Wildman–Crippen MR) is 152 cm³/mol. The van der Waals surface area contributed by atoms with Crippen LogP contribution in [0.1, 0.15) is 36.2 Å². The first-order valence-corrected chi connectivity index (χ1v) is 15.2. The number of ether oxygens (including phenoxy) is 1.